The molecule has 0 unspecified atom stereocenters. The van der Waals surface area contributed by atoms with E-state index in [-0.39, 0.29) is 18.2 Å². The van der Waals surface area contributed by atoms with E-state index in [1.54, 1.807) is 0 Å². The van der Waals surface area contributed by atoms with Gasteiger partial charge in [-0.15, -0.1) is 5.10 Å². The monoisotopic (exact) mass is 438 g/mol. The largest absolute Gasteiger partial charge is 0.396 e. The average Bonchev–Trinajstić information content (AvgIpc) is 3.29. The number of hydrogen-bond donors (Lipinski definition) is 2. The number of H-pyrrole nitrogens is 1. The zero-order valence-corrected chi connectivity index (χ0v) is 19.1. The average molecular weight is 439 g/mol. The number of para-hydroxylation sites is 1. The third kappa shape index (κ3) is 4.76. The van der Waals surface area contributed by atoms with Crippen molar-refractivity contribution in [2.45, 2.75) is 77.4 Å². The third-order valence-corrected chi connectivity index (χ3v) is 6.71. The summed E-state index contributed by atoms with van der Waals surface area (Å²) in [4.78, 5) is 18.2. The quantitative estimate of drug-likeness (QED) is 0.529. The van der Waals surface area contributed by atoms with Crippen molar-refractivity contribution in [3.05, 3.63) is 51.6 Å². The first kappa shape index (κ1) is 22.6. The van der Waals surface area contributed by atoms with Crippen LogP contribution in [0.25, 0.3) is 10.9 Å². The molecular weight excluding hydrogens is 404 g/mol. The number of aromatic nitrogens is 5. The van der Waals surface area contributed by atoms with Crippen molar-refractivity contribution < 1.29 is 5.11 Å². The Bertz CT molecular complexity index is 1090. The zero-order valence-electron chi connectivity index (χ0n) is 19.1. The Morgan fingerprint density at radius 1 is 1.28 bits per heavy atom. The Hall–Kier alpha value is -2.58. The third-order valence-electron chi connectivity index (χ3n) is 6.71. The Kier molecular flexibility index (Phi) is 7.32. The van der Waals surface area contributed by atoms with Crippen LogP contribution in [0.15, 0.2) is 29.1 Å². The maximum Gasteiger partial charge on any atom is 0.252 e. The summed E-state index contributed by atoms with van der Waals surface area (Å²) in [6.07, 6.45) is 7.36. The smallest absolute Gasteiger partial charge is 0.252 e. The highest BCUT2D eigenvalue weighted by Gasteiger charge is 2.28. The second-order valence-corrected chi connectivity index (χ2v) is 8.91. The summed E-state index contributed by atoms with van der Waals surface area (Å²) in [5.41, 5.74) is 2.59. The molecule has 8 nitrogen and oxygen atoms in total. The minimum atomic E-state index is -0.0671. The summed E-state index contributed by atoms with van der Waals surface area (Å²) in [6, 6.07) is 8.35. The molecule has 1 aliphatic carbocycles. The second-order valence-electron chi connectivity index (χ2n) is 8.91. The SMILES string of the molecule is CC[C@@H](c1nnnn1C1CCCCC1)N(CCCO)Cc1cc2cccc(C)c2[nH]c1=O. The fourth-order valence-electron chi connectivity index (χ4n) is 4.99. The molecule has 2 heterocycles. The van der Waals surface area contributed by atoms with Gasteiger partial charge < -0.3 is 10.1 Å². The number of nitrogens with zero attached hydrogens (tertiary/aromatic N) is 5. The molecule has 1 aromatic carbocycles. The van der Waals surface area contributed by atoms with E-state index in [0.717, 1.165) is 47.1 Å². The van der Waals surface area contributed by atoms with Gasteiger partial charge in [-0.2, -0.15) is 0 Å². The van der Waals surface area contributed by atoms with Gasteiger partial charge in [0.25, 0.3) is 5.56 Å². The van der Waals surface area contributed by atoms with Crippen LogP contribution in [0.3, 0.4) is 0 Å². The Labute approximate surface area is 188 Å². The van der Waals surface area contributed by atoms with Gasteiger partial charge in [0.15, 0.2) is 5.82 Å². The highest BCUT2D eigenvalue weighted by Crippen LogP contribution is 2.32. The topological polar surface area (TPSA) is 99.9 Å². The highest BCUT2D eigenvalue weighted by atomic mass is 16.3. The minimum absolute atomic E-state index is 0.0221. The highest BCUT2D eigenvalue weighted by molar-refractivity contribution is 5.81. The summed E-state index contributed by atoms with van der Waals surface area (Å²) in [5, 5.41) is 23.4. The molecule has 1 saturated carbocycles. The molecule has 1 atom stereocenters. The molecule has 8 heteroatoms. The molecule has 32 heavy (non-hydrogen) atoms. The van der Waals surface area contributed by atoms with E-state index >= 15 is 0 Å². The van der Waals surface area contributed by atoms with Gasteiger partial charge >= 0.3 is 0 Å². The van der Waals surface area contributed by atoms with Crippen LogP contribution in [0, 0.1) is 6.92 Å². The number of pyridine rings is 1. The molecule has 0 amide bonds. The first-order chi connectivity index (χ1) is 15.6. The van der Waals surface area contributed by atoms with Crippen molar-refractivity contribution in [1.29, 1.82) is 0 Å². The van der Waals surface area contributed by atoms with Crippen molar-refractivity contribution in [2.75, 3.05) is 13.2 Å². The number of fused-ring (bicyclic) bond motifs is 1. The first-order valence-electron chi connectivity index (χ1n) is 11.9. The molecule has 2 N–H and O–H groups in total. The Balaban J connectivity index is 1.66. The number of hydrogen-bond acceptors (Lipinski definition) is 6. The lowest BCUT2D eigenvalue weighted by Gasteiger charge is -2.32. The van der Waals surface area contributed by atoms with E-state index in [1.807, 2.05) is 35.9 Å². The van der Waals surface area contributed by atoms with Crippen LogP contribution in [-0.2, 0) is 6.54 Å². The Morgan fingerprint density at radius 3 is 2.84 bits per heavy atom. The number of aliphatic hydroxyl groups excluding tert-OH is 1. The fraction of sp³-hybridized carbons (Fsp3) is 0.583. The number of aryl methyl sites for hydroxylation is 1. The summed E-state index contributed by atoms with van der Waals surface area (Å²) >= 11 is 0. The van der Waals surface area contributed by atoms with Crippen LogP contribution >= 0.6 is 0 Å². The molecule has 4 rings (SSSR count). The molecule has 0 aliphatic heterocycles. The maximum atomic E-state index is 12.9. The van der Waals surface area contributed by atoms with E-state index in [9.17, 15) is 9.90 Å². The summed E-state index contributed by atoms with van der Waals surface area (Å²) < 4.78 is 2.02. The van der Waals surface area contributed by atoms with Crippen LogP contribution in [0.4, 0.5) is 0 Å². The maximum absolute atomic E-state index is 12.9. The van der Waals surface area contributed by atoms with Gasteiger partial charge in [0.1, 0.15) is 0 Å². The van der Waals surface area contributed by atoms with Crippen molar-refractivity contribution in [3.63, 3.8) is 0 Å². The van der Waals surface area contributed by atoms with Crippen molar-refractivity contribution in [1.82, 2.24) is 30.1 Å². The van der Waals surface area contributed by atoms with Crippen LogP contribution in [0.5, 0.6) is 0 Å². The summed E-state index contributed by atoms with van der Waals surface area (Å²) in [6.45, 7) is 5.38. The number of nitrogens with one attached hydrogen (secondary N) is 1. The van der Waals surface area contributed by atoms with E-state index < -0.39 is 0 Å². The standard InChI is InChI=1S/C24H34N6O2/c1-3-21(23-26-27-28-30(23)20-11-5-4-6-12-20)29(13-8-14-31)16-19-15-18-10-7-9-17(2)22(18)25-24(19)32/h7,9-10,15,20-21,31H,3-6,8,11-14,16H2,1-2H3,(H,25,32)/t21-/m0/s1. The van der Waals surface area contributed by atoms with Crippen molar-refractivity contribution in [2.24, 2.45) is 0 Å². The molecule has 0 radical (unpaired) electrons. The van der Waals surface area contributed by atoms with Gasteiger partial charge in [-0.3, -0.25) is 9.69 Å². The molecular formula is C24H34N6O2. The number of aromatic amines is 1. The molecule has 1 aliphatic rings. The lowest BCUT2D eigenvalue weighted by molar-refractivity contribution is 0.147. The molecule has 1 fully saturated rings. The predicted molar refractivity (Wildman–Crippen MR) is 124 cm³/mol. The number of benzene rings is 1. The lowest BCUT2D eigenvalue weighted by Crippen LogP contribution is -2.34. The van der Waals surface area contributed by atoms with Crippen LogP contribution in [-0.4, -0.2) is 48.3 Å². The minimum Gasteiger partial charge on any atom is -0.396 e. The second kappa shape index (κ2) is 10.4. The number of rotatable bonds is 9. The van der Waals surface area contributed by atoms with Crippen molar-refractivity contribution in [3.8, 4) is 0 Å². The first-order valence-corrected chi connectivity index (χ1v) is 11.9. The van der Waals surface area contributed by atoms with Gasteiger partial charge in [-0.25, -0.2) is 4.68 Å². The fourth-order valence-corrected chi connectivity index (χ4v) is 4.99. The van der Waals surface area contributed by atoms with E-state index in [1.165, 1.54) is 19.3 Å². The van der Waals surface area contributed by atoms with Gasteiger partial charge in [-0.05, 0) is 60.0 Å². The lowest BCUT2D eigenvalue weighted by atomic mass is 9.95. The van der Waals surface area contributed by atoms with Gasteiger partial charge in [0.05, 0.1) is 17.6 Å². The molecule has 0 spiro atoms. The van der Waals surface area contributed by atoms with Gasteiger partial charge in [-0.1, -0.05) is 44.4 Å². The van der Waals surface area contributed by atoms with Crippen LogP contribution in [0.1, 0.15) is 80.9 Å². The van der Waals surface area contributed by atoms with E-state index in [0.29, 0.717) is 25.6 Å². The van der Waals surface area contributed by atoms with Crippen LogP contribution in [0.2, 0.25) is 0 Å². The zero-order chi connectivity index (χ0) is 22.5. The number of aliphatic hydroxyl groups is 1. The molecule has 2 aromatic heterocycles. The predicted octanol–water partition coefficient (Wildman–Crippen LogP) is 3.66. The van der Waals surface area contributed by atoms with Crippen LogP contribution < -0.4 is 5.56 Å². The van der Waals surface area contributed by atoms with Gasteiger partial charge in [0.2, 0.25) is 0 Å². The molecule has 172 valence electrons. The van der Waals surface area contributed by atoms with E-state index in [4.69, 9.17) is 0 Å². The van der Waals surface area contributed by atoms with E-state index in [2.05, 4.69) is 32.3 Å². The van der Waals surface area contributed by atoms with Crippen molar-refractivity contribution >= 4 is 10.9 Å². The summed E-state index contributed by atoms with van der Waals surface area (Å²) in [7, 11) is 0. The normalized spacial score (nSPS) is 16.1. The van der Waals surface area contributed by atoms with Gasteiger partial charge in [0, 0.05) is 25.3 Å². The summed E-state index contributed by atoms with van der Waals surface area (Å²) in [5.74, 6) is 0.866. The number of tetrazole rings is 1. The molecule has 3 aromatic rings. The Morgan fingerprint density at radius 2 is 2.09 bits per heavy atom. The molecule has 0 saturated heterocycles. The molecule has 0 bridgehead atoms.